The smallest absolute Gasteiger partial charge is 0.217 e. The molecule has 1 unspecified atom stereocenters. The van der Waals surface area contributed by atoms with Crippen molar-refractivity contribution in [2.75, 3.05) is 18.0 Å². The van der Waals surface area contributed by atoms with Crippen LogP contribution in [-0.4, -0.2) is 29.0 Å². The lowest BCUT2D eigenvalue weighted by atomic mass is 9.95. The average molecular weight is 258 g/mol. The molecule has 1 aromatic heterocycles. The van der Waals surface area contributed by atoms with Crippen molar-refractivity contribution in [1.29, 1.82) is 0 Å². The Kier molecular flexibility index (Phi) is 3.11. The summed E-state index contributed by atoms with van der Waals surface area (Å²) in [5.74, 6) is 1.03. The maximum atomic E-state index is 11.0. The number of hydrogen-bond donors (Lipinski definition) is 2. The second kappa shape index (κ2) is 4.91. The Morgan fingerprint density at radius 3 is 3.11 bits per heavy atom. The molecule has 19 heavy (non-hydrogen) atoms. The summed E-state index contributed by atoms with van der Waals surface area (Å²) in [6, 6.07) is 8.01. The van der Waals surface area contributed by atoms with Crippen LogP contribution in [0.5, 0.6) is 0 Å². The fourth-order valence-corrected chi connectivity index (χ4v) is 2.80. The van der Waals surface area contributed by atoms with E-state index in [4.69, 9.17) is 5.73 Å². The number of carbonyl (C=O) groups is 1. The number of fused-ring (bicyclic) bond motifs is 1. The third-order valence-electron chi connectivity index (χ3n) is 3.69. The van der Waals surface area contributed by atoms with Gasteiger partial charge in [0.05, 0.1) is 11.0 Å². The number of rotatable bonds is 3. The van der Waals surface area contributed by atoms with Gasteiger partial charge in [-0.1, -0.05) is 12.1 Å². The zero-order valence-electron chi connectivity index (χ0n) is 10.8. The molecule has 0 spiro atoms. The molecule has 1 atom stereocenters. The first-order valence-electron chi connectivity index (χ1n) is 6.70. The maximum Gasteiger partial charge on any atom is 0.217 e. The molecule has 5 heteroatoms. The van der Waals surface area contributed by atoms with E-state index in [0.29, 0.717) is 12.3 Å². The van der Waals surface area contributed by atoms with Gasteiger partial charge in [-0.05, 0) is 30.9 Å². The molecule has 2 heterocycles. The van der Waals surface area contributed by atoms with Crippen LogP contribution in [0.25, 0.3) is 11.0 Å². The monoisotopic (exact) mass is 258 g/mol. The van der Waals surface area contributed by atoms with Crippen LogP contribution in [0.1, 0.15) is 19.3 Å². The first-order chi connectivity index (χ1) is 9.22. The highest BCUT2D eigenvalue weighted by Crippen LogP contribution is 2.24. The summed E-state index contributed by atoms with van der Waals surface area (Å²) in [5, 5.41) is 0. The summed E-state index contributed by atoms with van der Waals surface area (Å²) in [5.41, 5.74) is 7.32. The van der Waals surface area contributed by atoms with E-state index in [1.807, 2.05) is 24.3 Å². The number of para-hydroxylation sites is 2. The molecule has 2 aromatic rings. The van der Waals surface area contributed by atoms with Gasteiger partial charge in [-0.3, -0.25) is 4.79 Å². The van der Waals surface area contributed by atoms with E-state index in [2.05, 4.69) is 14.9 Å². The molecule has 3 rings (SSSR count). The quantitative estimate of drug-likeness (QED) is 0.879. The Hall–Kier alpha value is -2.04. The number of nitrogens with two attached hydrogens (primary N) is 1. The number of nitrogens with zero attached hydrogens (tertiary/aromatic N) is 2. The van der Waals surface area contributed by atoms with E-state index < -0.39 is 0 Å². The van der Waals surface area contributed by atoms with Gasteiger partial charge < -0.3 is 15.6 Å². The van der Waals surface area contributed by atoms with Gasteiger partial charge in [0.25, 0.3) is 0 Å². The van der Waals surface area contributed by atoms with Crippen molar-refractivity contribution >= 4 is 22.9 Å². The molecule has 0 bridgehead atoms. The van der Waals surface area contributed by atoms with Crippen molar-refractivity contribution < 1.29 is 4.79 Å². The summed E-state index contributed by atoms with van der Waals surface area (Å²) >= 11 is 0. The van der Waals surface area contributed by atoms with Crippen LogP contribution in [0.3, 0.4) is 0 Å². The topological polar surface area (TPSA) is 75.0 Å². The standard InChI is InChI=1S/C14H18N4O/c15-13(19)8-10-4-3-7-18(9-10)14-16-11-5-1-2-6-12(11)17-14/h1-2,5-6,10H,3-4,7-9H2,(H2,15,19)(H,16,17). The number of hydrogen-bond acceptors (Lipinski definition) is 3. The van der Waals surface area contributed by atoms with Crippen molar-refractivity contribution in [2.45, 2.75) is 19.3 Å². The summed E-state index contributed by atoms with van der Waals surface area (Å²) in [6.07, 6.45) is 2.62. The molecule has 1 aliphatic rings. The number of amides is 1. The normalized spacial score (nSPS) is 19.8. The number of anilines is 1. The summed E-state index contributed by atoms with van der Waals surface area (Å²) in [7, 11) is 0. The van der Waals surface area contributed by atoms with Crippen LogP contribution in [-0.2, 0) is 4.79 Å². The number of nitrogens with one attached hydrogen (secondary N) is 1. The molecule has 0 saturated carbocycles. The minimum Gasteiger partial charge on any atom is -0.370 e. The molecule has 1 fully saturated rings. The van der Waals surface area contributed by atoms with E-state index >= 15 is 0 Å². The third kappa shape index (κ3) is 2.54. The first kappa shape index (κ1) is 12.0. The lowest BCUT2D eigenvalue weighted by Crippen LogP contribution is -2.37. The molecule has 3 N–H and O–H groups in total. The zero-order valence-corrected chi connectivity index (χ0v) is 10.8. The molecule has 1 aromatic carbocycles. The molecule has 5 nitrogen and oxygen atoms in total. The zero-order chi connectivity index (χ0) is 13.2. The van der Waals surface area contributed by atoms with Gasteiger partial charge in [0.2, 0.25) is 11.9 Å². The second-order valence-electron chi connectivity index (χ2n) is 5.20. The number of aromatic amines is 1. The number of aromatic nitrogens is 2. The minimum atomic E-state index is -0.212. The number of primary amides is 1. The Labute approximate surface area is 111 Å². The van der Waals surface area contributed by atoms with Gasteiger partial charge in [-0.2, -0.15) is 0 Å². The van der Waals surface area contributed by atoms with Crippen molar-refractivity contribution in [3.63, 3.8) is 0 Å². The largest absolute Gasteiger partial charge is 0.370 e. The van der Waals surface area contributed by atoms with Crippen molar-refractivity contribution in [2.24, 2.45) is 11.7 Å². The number of imidazole rings is 1. The summed E-state index contributed by atoms with van der Waals surface area (Å²) in [4.78, 5) is 21.2. The number of piperidine rings is 1. The molecule has 1 amide bonds. The lowest BCUT2D eigenvalue weighted by Gasteiger charge is -2.31. The predicted molar refractivity (Wildman–Crippen MR) is 74.8 cm³/mol. The number of benzene rings is 1. The highest BCUT2D eigenvalue weighted by atomic mass is 16.1. The molecule has 1 aliphatic heterocycles. The van der Waals surface area contributed by atoms with Crippen LogP contribution >= 0.6 is 0 Å². The molecular formula is C14H18N4O. The Bertz CT molecular complexity index is 559. The Morgan fingerprint density at radius 2 is 2.32 bits per heavy atom. The lowest BCUT2D eigenvalue weighted by molar-refractivity contribution is -0.118. The van der Waals surface area contributed by atoms with Crippen molar-refractivity contribution in [3.05, 3.63) is 24.3 Å². The molecule has 1 saturated heterocycles. The predicted octanol–water partition coefficient (Wildman–Crippen LogP) is 1.65. The van der Waals surface area contributed by atoms with E-state index in [1.54, 1.807) is 0 Å². The highest BCUT2D eigenvalue weighted by Gasteiger charge is 2.23. The molecule has 100 valence electrons. The number of H-pyrrole nitrogens is 1. The van der Waals surface area contributed by atoms with Crippen LogP contribution < -0.4 is 10.6 Å². The summed E-state index contributed by atoms with van der Waals surface area (Å²) in [6.45, 7) is 1.83. The van der Waals surface area contributed by atoms with Gasteiger partial charge in [0.15, 0.2) is 0 Å². The van der Waals surface area contributed by atoms with Crippen LogP contribution in [0.4, 0.5) is 5.95 Å². The van der Waals surface area contributed by atoms with E-state index in [9.17, 15) is 4.79 Å². The van der Waals surface area contributed by atoms with Gasteiger partial charge >= 0.3 is 0 Å². The SMILES string of the molecule is NC(=O)CC1CCCN(c2nc3ccccc3[nH]2)C1. The van der Waals surface area contributed by atoms with Gasteiger partial charge in [0, 0.05) is 19.5 Å². The van der Waals surface area contributed by atoms with Crippen LogP contribution in [0.2, 0.25) is 0 Å². The summed E-state index contributed by atoms with van der Waals surface area (Å²) < 4.78 is 0. The maximum absolute atomic E-state index is 11.0. The van der Waals surface area contributed by atoms with Crippen molar-refractivity contribution in [1.82, 2.24) is 9.97 Å². The Balaban J connectivity index is 1.79. The molecule has 0 aliphatic carbocycles. The first-order valence-corrected chi connectivity index (χ1v) is 6.70. The van der Waals surface area contributed by atoms with Gasteiger partial charge in [-0.25, -0.2) is 4.98 Å². The van der Waals surface area contributed by atoms with Crippen LogP contribution in [0.15, 0.2) is 24.3 Å². The fourth-order valence-electron chi connectivity index (χ4n) is 2.80. The second-order valence-corrected chi connectivity index (χ2v) is 5.20. The number of carbonyl (C=O) groups excluding carboxylic acids is 1. The van der Waals surface area contributed by atoms with Crippen molar-refractivity contribution in [3.8, 4) is 0 Å². The van der Waals surface area contributed by atoms with E-state index in [0.717, 1.165) is 42.9 Å². The average Bonchev–Trinajstić information content (AvgIpc) is 2.82. The van der Waals surface area contributed by atoms with Gasteiger partial charge in [0.1, 0.15) is 0 Å². The molecular weight excluding hydrogens is 240 g/mol. The van der Waals surface area contributed by atoms with Gasteiger partial charge in [-0.15, -0.1) is 0 Å². The Morgan fingerprint density at radius 1 is 1.47 bits per heavy atom. The van der Waals surface area contributed by atoms with Crippen LogP contribution in [0, 0.1) is 5.92 Å². The fraction of sp³-hybridized carbons (Fsp3) is 0.429. The van der Waals surface area contributed by atoms with E-state index in [-0.39, 0.29) is 5.91 Å². The highest BCUT2D eigenvalue weighted by molar-refractivity contribution is 5.77. The van der Waals surface area contributed by atoms with E-state index in [1.165, 1.54) is 0 Å². The molecule has 0 radical (unpaired) electrons. The minimum absolute atomic E-state index is 0.212. The third-order valence-corrected chi connectivity index (χ3v) is 3.69.